The number of anilines is 3. The maximum Gasteiger partial charge on any atom is 0.245 e. The van der Waals surface area contributed by atoms with Crippen molar-refractivity contribution in [3.63, 3.8) is 0 Å². The fourth-order valence-electron chi connectivity index (χ4n) is 4.47. The number of hydrogen-bond acceptors (Lipinski definition) is 7. The fraction of sp³-hybridized carbons (Fsp3) is 0.308. The lowest BCUT2D eigenvalue weighted by Crippen LogP contribution is -2.48. The van der Waals surface area contributed by atoms with Crippen LogP contribution in [0.3, 0.4) is 0 Å². The third-order valence-electron chi connectivity index (χ3n) is 6.16. The lowest BCUT2D eigenvalue weighted by atomic mass is 10.1. The van der Waals surface area contributed by atoms with E-state index in [4.69, 9.17) is 9.84 Å². The Hall–Kier alpha value is -3.62. The van der Waals surface area contributed by atoms with Crippen LogP contribution in [-0.4, -0.2) is 70.5 Å². The lowest BCUT2D eigenvalue weighted by molar-refractivity contribution is 0.123. The minimum Gasteiger partial charge on any atom is -0.496 e. The molecule has 2 aromatic heterocycles. The van der Waals surface area contributed by atoms with Gasteiger partial charge in [-0.2, -0.15) is 0 Å². The Kier molecular flexibility index (Phi) is 6.33. The second-order valence-electron chi connectivity index (χ2n) is 8.65. The summed E-state index contributed by atoms with van der Waals surface area (Å²) in [5.41, 5.74) is 4.97. The first-order valence-corrected chi connectivity index (χ1v) is 11.6. The number of methoxy groups -OCH3 is 1. The topological polar surface area (TPSA) is 78.2 Å². The molecular formula is C26H30N6O2. The lowest BCUT2D eigenvalue weighted by Gasteiger charge is -2.36. The molecule has 5 rings (SSSR count). The molecule has 0 amide bonds. The molecule has 2 N–H and O–H groups in total. The minimum absolute atomic E-state index is 0.282. The van der Waals surface area contributed by atoms with Crippen LogP contribution in [0, 0.1) is 0 Å². The smallest absolute Gasteiger partial charge is 0.245 e. The van der Waals surface area contributed by atoms with E-state index in [1.165, 1.54) is 5.69 Å². The predicted octanol–water partition coefficient (Wildman–Crippen LogP) is 3.65. The van der Waals surface area contributed by atoms with Crippen molar-refractivity contribution in [3.8, 4) is 17.0 Å². The molecule has 8 nitrogen and oxygen atoms in total. The number of fused-ring (bicyclic) bond motifs is 1. The summed E-state index contributed by atoms with van der Waals surface area (Å²) >= 11 is 0. The Morgan fingerprint density at radius 3 is 2.50 bits per heavy atom. The van der Waals surface area contributed by atoms with Crippen LogP contribution in [0.25, 0.3) is 16.8 Å². The number of para-hydroxylation sites is 1. The van der Waals surface area contributed by atoms with E-state index in [0.29, 0.717) is 5.95 Å². The van der Waals surface area contributed by atoms with Crippen LogP contribution in [-0.2, 0) is 0 Å². The van der Waals surface area contributed by atoms with Crippen molar-refractivity contribution in [1.29, 1.82) is 0 Å². The molecule has 0 aliphatic carbocycles. The summed E-state index contributed by atoms with van der Waals surface area (Å²) < 4.78 is 7.42. The molecule has 1 aliphatic rings. The van der Waals surface area contributed by atoms with Crippen molar-refractivity contribution in [3.05, 3.63) is 66.9 Å². The third-order valence-corrected chi connectivity index (χ3v) is 6.16. The van der Waals surface area contributed by atoms with Gasteiger partial charge in [0.05, 0.1) is 30.6 Å². The van der Waals surface area contributed by atoms with Gasteiger partial charge in [-0.15, -0.1) is 5.10 Å². The summed E-state index contributed by atoms with van der Waals surface area (Å²) in [5.74, 6) is 1.33. The van der Waals surface area contributed by atoms with Crippen molar-refractivity contribution in [2.24, 2.45) is 0 Å². The summed E-state index contributed by atoms with van der Waals surface area (Å²) in [5, 5.41) is 17.7. The van der Waals surface area contributed by atoms with E-state index in [0.717, 1.165) is 60.9 Å². The van der Waals surface area contributed by atoms with Crippen molar-refractivity contribution < 1.29 is 9.84 Å². The zero-order valence-corrected chi connectivity index (χ0v) is 19.6. The van der Waals surface area contributed by atoms with Crippen LogP contribution in [0.5, 0.6) is 5.75 Å². The van der Waals surface area contributed by atoms with Gasteiger partial charge in [0.25, 0.3) is 0 Å². The highest BCUT2D eigenvalue weighted by Gasteiger charge is 2.18. The zero-order valence-electron chi connectivity index (χ0n) is 19.6. The van der Waals surface area contributed by atoms with Gasteiger partial charge in [-0.05, 0) is 55.5 Å². The number of piperazine rings is 1. The summed E-state index contributed by atoms with van der Waals surface area (Å²) in [7, 11) is 1.68. The summed E-state index contributed by atoms with van der Waals surface area (Å²) in [6.45, 7) is 6.42. The van der Waals surface area contributed by atoms with E-state index >= 15 is 0 Å². The van der Waals surface area contributed by atoms with Gasteiger partial charge in [-0.25, -0.2) is 9.50 Å². The van der Waals surface area contributed by atoms with Crippen molar-refractivity contribution in [2.75, 3.05) is 50.1 Å². The van der Waals surface area contributed by atoms with Gasteiger partial charge in [-0.3, -0.25) is 4.90 Å². The third kappa shape index (κ3) is 4.69. The molecule has 8 heteroatoms. The van der Waals surface area contributed by atoms with Crippen molar-refractivity contribution >= 4 is 22.8 Å². The largest absolute Gasteiger partial charge is 0.496 e. The van der Waals surface area contributed by atoms with E-state index in [-0.39, 0.29) is 6.10 Å². The molecule has 1 atom stereocenters. The first-order chi connectivity index (χ1) is 16.6. The van der Waals surface area contributed by atoms with Gasteiger partial charge in [-0.1, -0.05) is 12.1 Å². The molecule has 0 unspecified atom stereocenters. The highest BCUT2D eigenvalue weighted by atomic mass is 16.5. The van der Waals surface area contributed by atoms with Crippen LogP contribution >= 0.6 is 0 Å². The predicted molar refractivity (Wildman–Crippen MR) is 135 cm³/mol. The van der Waals surface area contributed by atoms with Crippen LogP contribution < -0.4 is 15.0 Å². The van der Waals surface area contributed by atoms with Crippen LogP contribution in [0.1, 0.15) is 6.92 Å². The van der Waals surface area contributed by atoms with Gasteiger partial charge in [0, 0.05) is 49.7 Å². The van der Waals surface area contributed by atoms with Crippen LogP contribution in [0.2, 0.25) is 0 Å². The van der Waals surface area contributed by atoms with E-state index < -0.39 is 0 Å². The number of hydrogen-bond donors (Lipinski definition) is 2. The average Bonchev–Trinajstić information content (AvgIpc) is 3.28. The number of ether oxygens (including phenoxy) is 1. The highest BCUT2D eigenvalue weighted by molar-refractivity contribution is 5.72. The number of aliphatic hydroxyl groups excluding tert-OH is 1. The van der Waals surface area contributed by atoms with Gasteiger partial charge in [0.15, 0.2) is 0 Å². The normalized spacial score (nSPS) is 15.4. The van der Waals surface area contributed by atoms with Crippen molar-refractivity contribution in [1.82, 2.24) is 19.5 Å². The molecule has 34 heavy (non-hydrogen) atoms. The molecule has 2 aromatic carbocycles. The molecule has 0 radical (unpaired) electrons. The molecule has 0 spiro atoms. The fourth-order valence-corrected chi connectivity index (χ4v) is 4.47. The highest BCUT2D eigenvalue weighted by Crippen LogP contribution is 2.31. The van der Waals surface area contributed by atoms with Crippen LogP contribution in [0.4, 0.5) is 17.3 Å². The summed E-state index contributed by atoms with van der Waals surface area (Å²) in [6, 6.07) is 20.3. The Labute approximate surface area is 199 Å². The van der Waals surface area contributed by atoms with E-state index in [2.05, 4.69) is 44.4 Å². The average molecular weight is 459 g/mol. The summed E-state index contributed by atoms with van der Waals surface area (Å²) in [6.07, 6.45) is 1.53. The maximum absolute atomic E-state index is 9.60. The molecule has 1 fully saturated rings. The Morgan fingerprint density at radius 2 is 1.76 bits per heavy atom. The zero-order chi connectivity index (χ0) is 23.5. The second kappa shape index (κ2) is 9.70. The van der Waals surface area contributed by atoms with E-state index in [9.17, 15) is 5.11 Å². The SMILES string of the molecule is COc1ccccc1-c1ccc2cnc(Nc3ccc(N4CCN(C[C@H](C)O)CC4)cc3)nn12. The monoisotopic (exact) mass is 458 g/mol. The maximum atomic E-state index is 9.60. The minimum atomic E-state index is -0.282. The van der Waals surface area contributed by atoms with Gasteiger partial charge < -0.3 is 20.1 Å². The molecule has 1 aliphatic heterocycles. The van der Waals surface area contributed by atoms with Gasteiger partial charge in [0.1, 0.15) is 5.75 Å². The summed E-state index contributed by atoms with van der Waals surface area (Å²) in [4.78, 5) is 9.18. The molecule has 176 valence electrons. The number of nitrogens with one attached hydrogen (secondary N) is 1. The van der Waals surface area contributed by atoms with Gasteiger partial charge in [0.2, 0.25) is 5.95 Å². The molecule has 4 aromatic rings. The molecular weight excluding hydrogens is 428 g/mol. The van der Waals surface area contributed by atoms with E-state index in [1.807, 2.05) is 54.0 Å². The Bertz CT molecular complexity index is 1250. The second-order valence-corrected chi connectivity index (χ2v) is 8.65. The van der Waals surface area contributed by atoms with Gasteiger partial charge >= 0.3 is 0 Å². The number of β-amino-alcohol motifs (C(OH)–C–C–N with tert-alkyl or cyclic N) is 1. The quantitative estimate of drug-likeness (QED) is 0.438. The Balaban J connectivity index is 1.30. The molecule has 0 saturated carbocycles. The molecule has 1 saturated heterocycles. The molecule has 0 bridgehead atoms. The number of aliphatic hydroxyl groups is 1. The van der Waals surface area contributed by atoms with Crippen LogP contribution in [0.15, 0.2) is 66.9 Å². The standard InChI is InChI=1S/C26H30N6O2/c1-19(33)18-30-13-15-31(16-14-30)21-9-7-20(8-10-21)28-26-27-17-22-11-12-24(32(22)29-26)23-5-3-4-6-25(23)34-2/h3-12,17,19,33H,13-16,18H2,1-2H3,(H,28,29)/t19-/m0/s1. The number of nitrogens with zero attached hydrogens (tertiary/aromatic N) is 5. The number of benzene rings is 2. The first kappa shape index (κ1) is 22.2. The number of aromatic nitrogens is 3. The van der Waals surface area contributed by atoms with E-state index in [1.54, 1.807) is 7.11 Å². The number of rotatable bonds is 7. The first-order valence-electron chi connectivity index (χ1n) is 11.6. The van der Waals surface area contributed by atoms with Crippen molar-refractivity contribution in [2.45, 2.75) is 13.0 Å². The molecule has 3 heterocycles. The Morgan fingerprint density at radius 1 is 1.00 bits per heavy atom.